The number of aliphatic imine (C=N–C) groups is 1. The first-order chi connectivity index (χ1) is 9.15. The highest BCUT2D eigenvalue weighted by Gasteiger charge is 2.20. The van der Waals surface area contributed by atoms with E-state index in [0.29, 0.717) is 11.9 Å². The van der Waals surface area contributed by atoms with Gasteiger partial charge in [0.15, 0.2) is 5.96 Å². The SMILES string of the molecule is CC(=O)N1CCC(CNC(N)=NCC2CCC2)CC1.I. The molecular weight excluding hydrogens is 367 g/mol. The monoisotopic (exact) mass is 394 g/mol. The molecule has 1 aliphatic carbocycles. The molecule has 1 aliphatic heterocycles. The molecule has 1 saturated heterocycles. The Morgan fingerprint density at radius 2 is 1.90 bits per heavy atom. The van der Waals surface area contributed by atoms with Crippen molar-refractivity contribution in [2.24, 2.45) is 22.6 Å². The Bertz CT molecular complexity index is 336. The lowest BCUT2D eigenvalue weighted by atomic mass is 9.86. The molecule has 2 fully saturated rings. The minimum Gasteiger partial charge on any atom is -0.370 e. The van der Waals surface area contributed by atoms with E-state index in [2.05, 4.69) is 10.3 Å². The van der Waals surface area contributed by atoms with Crippen molar-refractivity contribution >= 4 is 35.8 Å². The fourth-order valence-electron chi connectivity index (χ4n) is 2.66. The van der Waals surface area contributed by atoms with Gasteiger partial charge < -0.3 is 16.0 Å². The van der Waals surface area contributed by atoms with Crippen LogP contribution in [0.4, 0.5) is 0 Å². The van der Waals surface area contributed by atoms with Crippen molar-refractivity contribution in [3.63, 3.8) is 0 Å². The van der Waals surface area contributed by atoms with Gasteiger partial charge in [-0.3, -0.25) is 9.79 Å². The van der Waals surface area contributed by atoms with Crippen LogP contribution in [0.25, 0.3) is 0 Å². The maximum absolute atomic E-state index is 11.2. The van der Waals surface area contributed by atoms with Crippen LogP contribution in [0.1, 0.15) is 39.0 Å². The number of carbonyl (C=O) groups is 1. The van der Waals surface area contributed by atoms with Crippen molar-refractivity contribution in [2.75, 3.05) is 26.2 Å². The molecule has 0 aromatic carbocycles. The van der Waals surface area contributed by atoms with E-state index < -0.39 is 0 Å². The van der Waals surface area contributed by atoms with E-state index in [1.807, 2.05) is 4.90 Å². The highest BCUT2D eigenvalue weighted by atomic mass is 127. The summed E-state index contributed by atoms with van der Waals surface area (Å²) in [7, 11) is 0. The lowest BCUT2D eigenvalue weighted by molar-refractivity contribution is -0.130. The van der Waals surface area contributed by atoms with Crippen molar-refractivity contribution in [1.82, 2.24) is 10.2 Å². The predicted octanol–water partition coefficient (Wildman–Crippen LogP) is 1.57. The van der Waals surface area contributed by atoms with Crippen LogP contribution < -0.4 is 11.1 Å². The summed E-state index contributed by atoms with van der Waals surface area (Å²) in [6.07, 6.45) is 6.08. The summed E-state index contributed by atoms with van der Waals surface area (Å²) in [5, 5.41) is 3.22. The molecule has 5 nitrogen and oxygen atoms in total. The van der Waals surface area contributed by atoms with Gasteiger partial charge >= 0.3 is 0 Å². The normalized spacial score (nSPS) is 21.1. The molecule has 1 amide bonds. The number of halogens is 1. The maximum Gasteiger partial charge on any atom is 0.219 e. The molecule has 2 aliphatic rings. The first-order valence-corrected chi connectivity index (χ1v) is 7.44. The number of nitrogens with one attached hydrogen (secondary N) is 1. The Balaban J connectivity index is 0.00000200. The van der Waals surface area contributed by atoms with Gasteiger partial charge in [-0.25, -0.2) is 0 Å². The van der Waals surface area contributed by atoms with Gasteiger partial charge in [0.2, 0.25) is 5.91 Å². The number of carbonyl (C=O) groups excluding carboxylic acids is 1. The molecule has 116 valence electrons. The second kappa shape index (κ2) is 8.69. The quantitative estimate of drug-likeness (QED) is 0.432. The van der Waals surface area contributed by atoms with Gasteiger partial charge in [0.25, 0.3) is 0 Å². The minimum atomic E-state index is 0. The van der Waals surface area contributed by atoms with E-state index in [0.717, 1.165) is 44.9 Å². The summed E-state index contributed by atoms with van der Waals surface area (Å²) in [5.74, 6) is 2.14. The van der Waals surface area contributed by atoms with E-state index in [-0.39, 0.29) is 29.9 Å². The summed E-state index contributed by atoms with van der Waals surface area (Å²) in [6.45, 7) is 5.15. The average molecular weight is 394 g/mol. The summed E-state index contributed by atoms with van der Waals surface area (Å²) < 4.78 is 0. The maximum atomic E-state index is 11.2. The molecule has 1 heterocycles. The Kier molecular flexibility index (Phi) is 7.61. The first kappa shape index (κ1) is 17.5. The molecule has 2 rings (SSSR count). The summed E-state index contributed by atoms with van der Waals surface area (Å²) in [6, 6.07) is 0. The van der Waals surface area contributed by atoms with Crippen LogP contribution >= 0.6 is 24.0 Å². The average Bonchev–Trinajstić information content (AvgIpc) is 2.35. The van der Waals surface area contributed by atoms with Crippen LogP contribution in [0.2, 0.25) is 0 Å². The van der Waals surface area contributed by atoms with Crippen LogP contribution in [-0.4, -0.2) is 42.9 Å². The number of hydrogen-bond donors (Lipinski definition) is 2. The van der Waals surface area contributed by atoms with Crippen LogP contribution in [-0.2, 0) is 4.79 Å². The molecule has 0 unspecified atom stereocenters. The smallest absolute Gasteiger partial charge is 0.219 e. The third kappa shape index (κ3) is 5.46. The van der Waals surface area contributed by atoms with E-state index >= 15 is 0 Å². The Morgan fingerprint density at radius 3 is 2.40 bits per heavy atom. The Hall–Kier alpha value is -0.530. The number of nitrogens with two attached hydrogens (primary N) is 1. The van der Waals surface area contributed by atoms with E-state index in [1.54, 1.807) is 6.92 Å². The summed E-state index contributed by atoms with van der Waals surface area (Å²) >= 11 is 0. The third-order valence-electron chi connectivity index (χ3n) is 4.38. The topological polar surface area (TPSA) is 70.7 Å². The van der Waals surface area contributed by atoms with Gasteiger partial charge in [0, 0.05) is 33.1 Å². The molecule has 6 heteroatoms. The van der Waals surface area contributed by atoms with Gasteiger partial charge in [0.1, 0.15) is 0 Å². The first-order valence-electron chi connectivity index (χ1n) is 7.44. The van der Waals surface area contributed by atoms with Gasteiger partial charge in [0.05, 0.1) is 0 Å². The van der Waals surface area contributed by atoms with Gasteiger partial charge in [-0.2, -0.15) is 0 Å². The number of guanidine groups is 1. The molecule has 0 atom stereocenters. The molecule has 0 spiro atoms. The minimum absolute atomic E-state index is 0. The van der Waals surface area contributed by atoms with Crippen molar-refractivity contribution in [1.29, 1.82) is 0 Å². The van der Waals surface area contributed by atoms with E-state index in [9.17, 15) is 4.79 Å². The fraction of sp³-hybridized carbons (Fsp3) is 0.857. The van der Waals surface area contributed by atoms with Crippen LogP contribution in [0.5, 0.6) is 0 Å². The molecule has 1 saturated carbocycles. The molecule has 3 N–H and O–H groups in total. The highest BCUT2D eigenvalue weighted by Crippen LogP contribution is 2.26. The van der Waals surface area contributed by atoms with Gasteiger partial charge in [-0.1, -0.05) is 6.42 Å². The predicted molar refractivity (Wildman–Crippen MR) is 92.2 cm³/mol. The number of nitrogens with zero attached hydrogens (tertiary/aromatic N) is 2. The number of amides is 1. The molecule has 0 bridgehead atoms. The number of piperidine rings is 1. The fourth-order valence-corrected chi connectivity index (χ4v) is 2.66. The Morgan fingerprint density at radius 1 is 1.25 bits per heavy atom. The second-order valence-electron chi connectivity index (χ2n) is 5.85. The number of likely N-dealkylation sites (tertiary alicyclic amines) is 1. The third-order valence-corrected chi connectivity index (χ3v) is 4.38. The largest absolute Gasteiger partial charge is 0.370 e. The molecular formula is C14H27IN4O. The second-order valence-corrected chi connectivity index (χ2v) is 5.85. The number of hydrogen-bond acceptors (Lipinski definition) is 2. The zero-order valence-electron chi connectivity index (χ0n) is 12.3. The summed E-state index contributed by atoms with van der Waals surface area (Å²) in [4.78, 5) is 17.5. The van der Waals surface area contributed by atoms with Gasteiger partial charge in [-0.15, -0.1) is 24.0 Å². The molecule has 0 aromatic rings. The van der Waals surface area contributed by atoms with E-state index in [1.165, 1.54) is 19.3 Å². The van der Waals surface area contributed by atoms with Crippen molar-refractivity contribution in [3.05, 3.63) is 0 Å². The van der Waals surface area contributed by atoms with Crippen molar-refractivity contribution in [2.45, 2.75) is 39.0 Å². The van der Waals surface area contributed by atoms with Gasteiger partial charge in [-0.05, 0) is 37.5 Å². The van der Waals surface area contributed by atoms with Crippen molar-refractivity contribution in [3.8, 4) is 0 Å². The summed E-state index contributed by atoms with van der Waals surface area (Å²) in [5.41, 5.74) is 5.87. The molecule has 0 radical (unpaired) electrons. The number of rotatable bonds is 4. The standard InChI is InChI=1S/C14H26N4O.HI/c1-11(19)18-7-5-13(6-8-18)10-17-14(15)16-9-12-3-2-4-12;/h12-13H,2-10H2,1H3,(H3,15,16,17);1H. The lowest BCUT2D eigenvalue weighted by Crippen LogP contribution is -2.42. The van der Waals surface area contributed by atoms with Crippen molar-refractivity contribution < 1.29 is 4.79 Å². The molecule has 0 aromatic heterocycles. The Labute approximate surface area is 138 Å². The zero-order chi connectivity index (χ0) is 13.7. The zero-order valence-corrected chi connectivity index (χ0v) is 14.6. The van der Waals surface area contributed by atoms with Crippen LogP contribution in [0.3, 0.4) is 0 Å². The van der Waals surface area contributed by atoms with E-state index in [4.69, 9.17) is 5.73 Å². The van der Waals surface area contributed by atoms with Crippen LogP contribution in [0, 0.1) is 11.8 Å². The lowest BCUT2D eigenvalue weighted by Gasteiger charge is -2.31. The highest BCUT2D eigenvalue weighted by molar-refractivity contribution is 14.0. The van der Waals surface area contributed by atoms with Crippen LogP contribution in [0.15, 0.2) is 4.99 Å². The molecule has 20 heavy (non-hydrogen) atoms.